The molecular formula is C37H32N2O4. The van der Waals surface area contributed by atoms with Crippen molar-refractivity contribution in [2.24, 2.45) is 0 Å². The van der Waals surface area contributed by atoms with Crippen LogP contribution in [-0.2, 0) is 17.7 Å². The molecule has 0 aliphatic heterocycles. The fourth-order valence-corrected chi connectivity index (χ4v) is 5.53. The SMILES string of the molecule is CC(C)(C)OC(=O)c1cc(=O)n(CCc2c[nH]c3ccccc23)c(-c2ccccc2)c1C(=O)c1ccc2ccccc2c1. The molecule has 0 saturated carbocycles. The Morgan fingerprint density at radius 1 is 0.814 bits per heavy atom. The van der Waals surface area contributed by atoms with Crippen molar-refractivity contribution < 1.29 is 14.3 Å². The smallest absolute Gasteiger partial charge is 0.339 e. The fourth-order valence-electron chi connectivity index (χ4n) is 5.53. The van der Waals surface area contributed by atoms with Crippen molar-refractivity contribution in [2.45, 2.75) is 39.3 Å². The highest BCUT2D eigenvalue weighted by atomic mass is 16.6. The zero-order valence-corrected chi connectivity index (χ0v) is 24.4. The number of hydrogen-bond acceptors (Lipinski definition) is 4. The van der Waals surface area contributed by atoms with E-state index in [0.717, 1.165) is 27.2 Å². The van der Waals surface area contributed by atoms with Gasteiger partial charge in [-0.15, -0.1) is 0 Å². The summed E-state index contributed by atoms with van der Waals surface area (Å²) in [5.41, 5.74) is 2.45. The third-order valence-electron chi connectivity index (χ3n) is 7.49. The molecule has 2 heterocycles. The van der Waals surface area contributed by atoms with Gasteiger partial charge in [0.1, 0.15) is 5.60 Å². The maximum atomic E-state index is 14.5. The normalized spacial score (nSPS) is 11.6. The van der Waals surface area contributed by atoms with E-state index in [9.17, 15) is 14.4 Å². The predicted molar refractivity (Wildman–Crippen MR) is 171 cm³/mol. The highest BCUT2D eigenvalue weighted by Gasteiger charge is 2.30. The summed E-state index contributed by atoms with van der Waals surface area (Å²) in [6.45, 7) is 5.58. The van der Waals surface area contributed by atoms with Crippen LogP contribution in [-0.4, -0.2) is 26.9 Å². The number of para-hydroxylation sites is 1. The van der Waals surface area contributed by atoms with Crippen molar-refractivity contribution in [2.75, 3.05) is 0 Å². The van der Waals surface area contributed by atoms with Crippen LogP contribution in [0, 0.1) is 0 Å². The first-order chi connectivity index (χ1) is 20.7. The van der Waals surface area contributed by atoms with Gasteiger partial charge in [0.2, 0.25) is 0 Å². The van der Waals surface area contributed by atoms with E-state index in [0.29, 0.717) is 29.8 Å². The quantitative estimate of drug-likeness (QED) is 0.159. The number of aromatic nitrogens is 2. The third-order valence-corrected chi connectivity index (χ3v) is 7.49. The number of aromatic amines is 1. The van der Waals surface area contributed by atoms with E-state index < -0.39 is 11.6 Å². The largest absolute Gasteiger partial charge is 0.456 e. The van der Waals surface area contributed by atoms with Crippen molar-refractivity contribution >= 4 is 33.4 Å². The number of hydrogen-bond donors (Lipinski definition) is 1. The molecule has 6 rings (SSSR count). The molecule has 0 saturated heterocycles. The summed E-state index contributed by atoms with van der Waals surface area (Å²) < 4.78 is 7.34. The fraction of sp³-hybridized carbons (Fsp3) is 0.162. The summed E-state index contributed by atoms with van der Waals surface area (Å²) in [4.78, 5) is 45.3. The van der Waals surface area contributed by atoms with Gasteiger partial charge in [-0.05, 0) is 61.2 Å². The molecule has 0 aliphatic rings. The number of pyridine rings is 1. The molecule has 0 spiro atoms. The van der Waals surface area contributed by atoms with Gasteiger partial charge in [-0.3, -0.25) is 9.59 Å². The molecule has 0 atom stereocenters. The van der Waals surface area contributed by atoms with Gasteiger partial charge in [-0.2, -0.15) is 0 Å². The van der Waals surface area contributed by atoms with Crippen molar-refractivity contribution in [3.63, 3.8) is 0 Å². The molecular weight excluding hydrogens is 536 g/mol. The van der Waals surface area contributed by atoms with Gasteiger partial charge >= 0.3 is 5.97 Å². The average molecular weight is 569 g/mol. The molecule has 0 radical (unpaired) electrons. The zero-order valence-electron chi connectivity index (χ0n) is 24.4. The van der Waals surface area contributed by atoms with Gasteiger partial charge in [0, 0.05) is 35.3 Å². The Morgan fingerprint density at radius 2 is 1.51 bits per heavy atom. The third kappa shape index (κ3) is 5.64. The van der Waals surface area contributed by atoms with E-state index in [1.165, 1.54) is 6.07 Å². The molecule has 43 heavy (non-hydrogen) atoms. The summed E-state index contributed by atoms with van der Waals surface area (Å²) >= 11 is 0. The van der Waals surface area contributed by atoms with Crippen LogP contribution in [0.3, 0.4) is 0 Å². The number of ether oxygens (including phenoxy) is 1. The first kappa shape index (κ1) is 27.9. The Hall–Kier alpha value is -5.23. The summed E-state index contributed by atoms with van der Waals surface area (Å²) in [7, 11) is 0. The molecule has 0 fully saturated rings. The number of H-pyrrole nitrogens is 1. The van der Waals surface area contributed by atoms with Crippen LogP contribution in [0.2, 0.25) is 0 Å². The standard InChI is InChI=1S/C37H32N2O4/c1-37(2,3)43-36(42)30-22-32(40)39(20-19-28-23-38-31-16-10-9-15-29(28)31)34(25-12-5-4-6-13-25)33(30)35(41)27-18-17-24-11-7-8-14-26(24)21-27/h4-18,21-23,38H,19-20H2,1-3H3. The van der Waals surface area contributed by atoms with Gasteiger partial charge in [0.25, 0.3) is 5.56 Å². The second-order valence-electron chi connectivity index (χ2n) is 11.6. The number of carbonyl (C=O) groups is 2. The van der Waals surface area contributed by atoms with Crippen LogP contribution in [0.5, 0.6) is 0 Å². The topological polar surface area (TPSA) is 81.2 Å². The first-order valence-electron chi connectivity index (χ1n) is 14.3. The molecule has 214 valence electrons. The van der Waals surface area contributed by atoms with Crippen LogP contribution in [0.1, 0.15) is 52.6 Å². The number of rotatable bonds is 7. The number of nitrogens with one attached hydrogen (secondary N) is 1. The maximum absolute atomic E-state index is 14.5. The zero-order chi connectivity index (χ0) is 30.1. The molecule has 1 N–H and O–H groups in total. The van der Waals surface area contributed by atoms with Gasteiger partial charge in [0.15, 0.2) is 5.78 Å². The van der Waals surface area contributed by atoms with Crippen LogP contribution < -0.4 is 5.56 Å². The summed E-state index contributed by atoms with van der Waals surface area (Å²) in [5.74, 6) is -1.07. The Labute approximate surface area is 249 Å². The summed E-state index contributed by atoms with van der Waals surface area (Å²) in [6.07, 6.45) is 2.49. The lowest BCUT2D eigenvalue weighted by Gasteiger charge is -2.23. The number of nitrogens with zero attached hydrogens (tertiary/aromatic N) is 1. The molecule has 6 aromatic rings. The van der Waals surface area contributed by atoms with Crippen LogP contribution in [0.25, 0.3) is 32.9 Å². The molecule has 0 amide bonds. The van der Waals surface area contributed by atoms with Gasteiger partial charge in [-0.25, -0.2) is 4.79 Å². The Bertz CT molecular complexity index is 2050. The monoisotopic (exact) mass is 568 g/mol. The Kier molecular flexibility index (Phi) is 7.28. The first-order valence-corrected chi connectivity index (χ1v) is 14.3. The minimum Gasteiger partial charge on any atom is -0.456 e. The molecule has 0 aliphatic carbocycles. The second-order valence-corrected chi connectivity index (χ2v) is 11.6. The number of carbonyl (C=O) groups excluding carboxylic acids is 2. The molecule has 0 unspecified atom stereocenters. The van der Waals surface area contributed by atoms with E-state index in [2.05, 4.69) is 4.98 Å². The van der Waals surface area contributed by atoms with E-state index in [1.54, 1.807) is 31.4 Å². The van der Waals surface area contributed by atoms with E-state index in [-0.39, 0.29) is 22.5 Å². The second kappa shape index (κ2) is 11.2. The van der Waals surface area contributed by atoms with Gasteiger partial charge in [-0.1, -0.05) is 84.9 Å². The minimum absolute atomic E-state index is 0.0414. The number of aryl methyl sites for hydroxylation is 1. The molecule has 6 heteroatoms. The van der Waals surface area contributed by atoms with Crippen molar-refractivity contribution in [3.05, 3.63) is 142 Å². The van der Waals surface area contributed by atoms with Crippen molar-refractivity contribution in [1.82, 2.24) is 9.55 Å². The van der Waals surface area contributed by atoms with E-state index >= 15 is 0 Å². The summed E-state index contributed by atoms with van der Waals surface area (Å²) in [5, 5.41) is 2.98. The van der Waals surface area contributed by atoms with Crippen molar-refractivity contribution in [1.29, 1.82) is 0 Å². The highest BCUT2D eigenvalue weighted by Crippen LogP contribution is 2.31. The van der Waals surface area contributed by atoms with Crippen LogP contribution >= 0.6 is 0 Å². The maximum Gasteiger partial charge on any atom is 0.339 e. The molecule has 0 bridgehead atoms. The Balaban J connectivity index is 1.57. The van der Waals surface area contributed by atoms with E-state index in [4.69, 9.17) is 4.74 Å². The molecule has 6 nitrogen and oxygen atoms in total. The molecule has 2 aromatic heterocycles. The number of fused-ring (bicyclic) bond motifs is 2. The van der Waals surface area contributed by atoms with Gasteiger partial charge < -0.3 is 14.3 Å². The van der Waals surface area contributed by atoms with Gasteiger partial charge in [0.05, 0.1) is 16.8 Å². The highest BCUT2D eigenvalue weighted by molar-refractivity contribution is 6.18. The Morgan fingerprint density at radius 3 is 2.28 bits per heavy atom. The predicted octanol–water partition coefficient (Wildman–Crippen LogP) is 7.58. The lowest BCUT2D eigenvalue weighted by molar-refractivity contribution is 0.00675. The lowest BCUT2D eigenvalue weighted by Crippen LogP contribution is -2.31. The lowest BCUT2D eigenvalue weighted by atomic mass is 9.92. The summed E-state index contributed by atoms with van der Waals surface area (Å²) in [6, 6.07) is 31.8. The molecule has 4 aromatic carbocycles. The number of ketones is 1. The average Bonchev–Trinajstić information content (AvgIpc) is 3.42. The van der Waals surface area contributed by atoms with E-state index in [1.807, 2.05) is 97.2 Å². The number of benzene rings is 4. The van der Waals surface area contributed by atoms with Crippen molar-refractivity contribution in [3.8, 4) is 11.3 Å². The van der Waals surface area contributed by atoms with Crippen LogP contribution in [0.4, 0.5) is 0 Å². The minimum atomic E-state index is -0.822. The van der Waals surface area contributed by atoms with Crippen LogP contribution in [0.15, 0.2) is 114 Å². The number of esters is 1.